The number of hydrogen-bond donors (Lipinski definition) is 1. The average Bonchev–Trinajstić information content (AvgIpc) is 3.55. The summed E-state index contributed by atoms with van der Waals surface area (Å²) in [4.78, 5) is 18.8. The second-order valence-corrected chi connectivity index (χ2v) is 8.67. The number of carbonyl (C=O) groups excluding carboxylic acids is 1. The van der Waals surface area contributed by atoms with Crippen LogP contribution in [0.3, 0.4) is 0 Å². The lowest BCUT2D eigenvalue weighted by atomic mass is 9.90. The average molecular weight is 459 g/mol. The van der Waals surface area contributed by atoms with Crippen molar-refractivity contribution < 1.29 is 14.4 Å². The summed E-state index contributed by atoms with van der Waals surface area (Å²) >= 11 is 0. The number of aliphatic hydroxyl groups excluding tert-OH is 1. The van der Waals surface area contributed by atoms with Crippen molar-refractivity contribution >= 4 is 5.91 Å². The predicted octanol–water partition coefficient (Wildman–Crippen LogP) is 3.25. The zero-order chi connectivity index (χ0) is 23.7. The number of rotatable bonds is 7. The lowest BCUT2D eigenvalue weighted by Gasteiger charge is -2.28. The molecule has 174 valence electrons. The third-order valence-corrected chi connectivity index (χ3v) is 6.34. The molecule has 0 aliphatic carbocycles. The molecule has 2 aromatic heterocycles. The Kier molecular flexibility index (Phi) is 5.93. The van der Waals surface area contributed by atoms with Gasteiger partial charge in [0.05, 0.1) is 25.4 Å². The zero-order valence-electron chi connectivity index (χ0n) is 19.1. The molecule has 1 saturated heterocycles. The quantitative estimate of drug-likeness (QED) is 0.453. The van der Waals surface area contributed by atoms with Crippen LogP contribution in [0.25, 0.3) is 23.0 Å². The first-order chi connectivity index (χ1) is 16.5. The summed E-state index contributed by atoms with van der Waals surface area (Å²) in [6, 6.07) is 15.8. The molecule has 9 nitrogen and oxygen atoms in total. The van der Waals surface area contributed by atoms with Crippen LogP contribution in [0, 0.1) is 12.8 Å². The van der Waals surface area contributed by atoms with Crippen LogP contribution in [-0.2, 0) is 11.3 Å². The number of benzene rings is 2. The van der Waals surface area contributed by atoms with Crippen molar-refractivity contribution in [2.24, 2.45) is 5.92 Å². The lowest BCUT2D eigenvalue weighted by molar-refractivity contribution is -0.129. The maximum atomic E-state index is 12.5. The number of amides is 1. The topological polar surface area (TPSA) is 110 Å². The van der Waals surface area contributed by atoms with E-state index in [9.17, 15) is 9.90 Å². The molecule has 0 radical (unpaired) electrons. The van der Waals surface area contributed by atoms with Crippen molar-refractivity contribution in [1.82, 2.24) is 30.0 Å². The standard InChI is InChI=1S/C25H26N6O3/c1-16-13-22(33)31(11-12-32)23(16)19-9-6-10-20(17(19)2)24-26-25(34-28-24)21-15-30(29-27-21)14-18-7-4-3-5-8-18/h3-10,15-16,23,32H,11-14H2,1-2H3/t16-,23+/m1/s1. The number of carbonyl (C=O) groups is 1. The van der Waals surface area contributed by atoms with Gasteiger partial charge in [-0.1, -0.05) is 65.8 Å². The molecular formula is C25H26N6O3. The number of aliphatic hydroxyl groups is 1. The number of β-amino-alcohol motifs (C(OH)–C–C–N with tert-alkyl or cyclic N) is 1. The van der Waals surface area contributed by atoms with Crippen LogP contribution in [0.15, 0.2) is 59.3 Å². The molecule has 2 aromatic carbocycles. The van der Waals surface area contributed by atoms with Crippen LogP contribution in [0.1, 0.15) is 36.1 Å². The van der Waals surface area contributed by atoms with E-state index in [1.807, 2.05) is 55.5 Å². The molecule has 4 aromatic rings. The van der Waals surface area contributed by atoms with Crippen molar-refractivity contribution in [3.63, 3.8) is 0 Å². The first-order valence-corrected chi connectivity index (χ1v) is 11.3. The van der Waals surface area contributed by atoms with Gasteiger partial charge < -0.3 is 14.5 Å². The highest BCUT2D eigenvalue weighted by molar-refractivity contribution is 5.80. The largest absolute Gasteiger partial charge is 0.395 e. The van der Waals surface area contributed by atoms with Gasteiger partial charge in [-0.2, -0.15) is 4.98 Å². The highest BCUT2D eigenvalue weighted by atomic mass is 16.5. The van der Waals surface area contributed by atoms with Gasteiger partial charge in [0.15, 0.2) is 5.69 Å². The highest BCUT2D eigenvalue weighted by Gasteiger charge is 2.38. The van der Waals surface area contributed by atoms with E-state index in [1.54, 1.807) is 15.8 Å². The molecule has 1 aliphatic heterocycles. The Hall–Kier alpha value is -3.85. The molecule has 1 N–H and O–H groups in total. The van der Waals surface area contributed by atoms with Crippen molar-refractivity contribution in [2.45, 2.75) is 32.9 Å². The Morgan fingerprint density at radius 3 is 2.76 bits per heavy atom. The van der Waals surface area contributed by atoms with Gasteiger partial charge in [-0.3, -0.25) is 4.79 Å². The second-order valence-electron chi connectivity index (χ2n) is 8.67. The molecule has 1 fully saturated rings. The minimum atomic E-state index is -0.0937. The number of nitrogens with zero attached hydrogens (tertiary/aromatic N) is 6. The second kappa shape index (κ2) is 9.18. The van der Waals surface area contributed by atoms with Gasteiger partial charge in [0.2, 0.25) is 11.7 Å². The van der Waals surface area contributed by atoms with Gasteiger partial charge in [-0.15, -0.1) is 5.10 Å². The van der Waals surface area contributed by atoms with Gasteiger partial charge in [-0.25, -0.2) is 4.68 Å². The Morgan fingerprint density at radius 2 is 1.97 bits per heavy atom. The number of aromatic nitrogens is 5. The molecule has 34 heavy (non-hydrogen) atoms. The predicted molar refractivity (Wildman–Crippen MR) is 124 cm³/mol. The smallest absolute Gasteiger partial charge is 0.280 e. The third kappa shape index (κ3) is 4.10. The highest BCUT2D eigenvalue weighted by Crippen LogP contribution is 2.40. The third-order valence-electron chi connectivity index (χ3n) is 6.34. The lowest BCUT2D eigenvalue weighted by Crippen LogP contribution is -2.31. The van der Waals surface area contributed by atoms with Gasteiger partial charge in [0, 0.05) is 18.5 Å². The van der Waals surface area contributed by atoms with Crippen molar-refractivity contribution in [2.75, 3.05) is 13.2 Å². The monoisotopic (exact) mass is 458 g/mol. The van der Waals surface area contributed by atoms with Crippen molar-refractivity contribution in [3.05, 3.63) is 71.4 Å². The van der Waals surface area contributed by atoms with Gasteiger partial charge >= 0.3 is 0 Å². The molecule has 0 unspecified atom stereocenters. The molecule has 1 amide bonds. The Bertz CT molecular complexity index is 1300. The van der Waals surface area contributed by atoms with E-state index in [2.05, 4.69) is 27.4 Å². The van der Waals surface area contributed by atoms with E-state index in [0.717, 1.165) is 22.3 Å². The Labute approximate surface area is 197 Å². The molecule has 0 saturated carbocycles. The van der Waals surface area contributed by atoms with Crippen LogP contribution >= 0.6 is 0 Å². The summed E-state index contributed by atoms with van der Waals surface area (Å²) in [6.07, 6.45) is 2.26. The molecule has 2 atom stereocenters. The summed E-state index contributed by atoms with van der Waals surface area (Å²) in [7, 11) is 0. The number of hydrogen-bond acceptors (Lipinski definition) is 7. The van der Waals surface area contributed by atoms with Crippen molar-refractivity contribution in [3.8, 4) is 23.0 Å². The zero-order valence-corrected chi connectivity index (χ0v) is 19.1. The molecule has 3 heterocycles. The first kappa shape index (κ1) is 22.0. The molecule has 5 rings (SSSR count). The van der Waals surface area contributed by atoms with Crippen LogP contribution in [0.2, 0.25) is 0 Å². The summed E-state index contributed by atoms with van der Waals surface area (Å²) in [5.41, 5.74) is 4.47. The maximum absolute atomic E-state index is 12.5. The van der Waals surface area contributed by atoms with E-state index in [0.29, 0.717) is 36.9 Å². The van der Waals surface area contributed by atoms with E-state index in [1.165, 1.54) is 0 Å². The fourth-order valence-electron chi connectivity index (χ4n) is 4.71. The Balaban J connectivity index is 1.41. The van der Waals surface area contributed by atoms with Crippen LogP contribution in [-0.4, -0.2) is 54.2 Å². The summed E-state index contributed by atoms with van der Waals surface area (Å²) in [6.45, 7) is 4.93. The summed E-state index contributed by atoms with van der Waals surface area (Å²) in [5, 5.41) is 22.0. The first-order valence-electron chi connectivity index (χ1n) is 11.3. The molecule has 0 bridgehead atoms. The number of likely N-dealkylation sites (tertiary alicyclic amines) is 1. The van der Waals surface area contributed by atoms with E-state index in [4.69, 9.17) is 4.52 Å². The van der Waals surface area contributed by atoms with Crippen LogP contribution in [0.4, 0.5) is 0 Å². The van der Waals surface area contributed by atoms with E-state index < -0.39 is 0 Å². The van der Waals surface area contributed by atoms with Gasteiger partial charge in [0.1, 0.15) is 0 Å². The van der Waals surface area contributed by atoms with Gasteiger partial charge in [-0.05, 0) is 29.5 Å². The van der Waals surface area contributed by atoms with E-state index in [-0.39, 0.29) is 24.5 Å². The SMILES string of the molecule is Cc1c(-c2noc(-c3cn(Cc4ccccc4)nn3)n2)cccc1[C@@H]1[C@H](C)CC(=O)N1CCO. The molecular weight excluding hydrogens is 432 g/mol. The Morgan fingerprint density at radius 1 is 1.15 bits per heavy atom. The minimum absolute atomic E-state index is 0.0626. The minimum Gasteiger partial charge on any atom is -0.395 e. The van der Waals surface area contributed by atoms with Crippen LogP contribution < -0.4 is 0 Å². The van der Waals surface area contributed by atoms with Gasteiger partial charge in [0.25, 0.3) is 5.89 Å². The van der Waals surface area contributed by atoms with Crippen molar-refractivity contribution in [1.29, 1.82) is 0 Å². The maximum Gasteiger partial charge on any atom is 0.280 e. The fourth-order valence-corrected chi connectivity index (χ4v) is 4.71. The van der Waals surface area contributed by atoms with Crippen LogP contribution in [0.5, 0.6) is 0 Å². The summed E-state index contributed by atoms with van der Waals surface area (Å²) in [5.74, 6) is 0.966. The molecule has 0 spiro atoms. The summed E-state index contributed by atoms with van der Waals surface area (Å²) < 4.78 is 7.24. The fraction of sp³-hybridized carbons (Fsp3) is 0.320. The molecule has 1 aliphatic rings. The molecule has 9 heteroatoms. The van der Waals surface area contributed by atoms with E-state index >= 15 is 0 Å². The normalized spacial score (nSPS) is 18.1.